The second-order valence-corrected chi connectivity index (χ2v) is 6.47. The fraction of sp³-hybridized carbons (Fsp3) is 0.588. The van der Waals surface area contributed by atoms with E-state index < -0.39 is 0 Å². The number of aliphatic imine (C=N–C) groups is 1. The molecule has 1 N–H and O–H groups in total. The molecule has 0 aliphatic carbocycles. The van der Waals surface area contributed by atoms with E-state index in [4.69, 9.17) is 4.99 Å². The van der Waals surface area contributed by atoms with Crippen LogP contribution in [0.4, 0.5) is 0 Å². The number of hydrogen-bond acceptors (Lipinski definition) is 3. The predicted molar refractivity (Wildman–Crippen MR) is 94.2 cm³/mol. The standard InChI is InChI=1S/C17H27N3S/c1-3-11-20(4-2)12-10-18-17-19-16(14-21-17)13-15-8-6-5-7-9-15/h5-9,16H,3-4,10-14H2,1-2H3,(H,18,19). The summed E-state index contributed by atoms with van der Waals surface area (Å²) in [5, 5.41) is 4.69. The van der Waals surface area contributed by atoms with E-state index in [-0.39, 0.29) is 0 Å². The highest BCUT2D eigenvalue weighted by molar-refractivity contribution is 8.14. The van der Waals surface area contributed by atoms with E-state index in [0.717, 1.165) is 37.0 Å². The van der Waals surface area contributed by atoms with E-state index in [1.807, 2.05) is 11.8 Å². The van der Waals surface area contributed by atoms with Crippen LogP contribution in [0.3, 0.4) is 0 Å². The zero-order valence-electron chi connectivity index (χ0n) is 13.2. The van der Waals surface area contributed by atoms with Crippen LogP contribution in [0, 0.1) is 0 Å². The Labute approximate surface area is 133 Å². The summed E-state index contributed by atoms with van der Waals surface area (Å²) in [4.78, 5) is 7.18. The van der Waals surface area contributed by atoms with Crippen molar-refractivity contribution in [2.75, 3.05) is 31.9 Å². The number of nitrogens with one attached hydrogen (secondary N) is 1. The molecule has 1 heterocycles. The van der Waals surface area contributed by atoms with Gasteiger partial charge in [0.25, 0.3) is 0 Å². The lowest BCUT2D eigenvalue weighted by Crippen LogP contribution is -2.30. The Balaban J connectivity index is 1.73. The highest BCUT2D eigenvalue weighted by Crippen LogP contribution is 2.17. The van der Waals surface area contributed by atoms with Crippen LogP contribution in [0.2, 0.25) is 0 Å². The summed E-state index contributed by atoms with van der Waals surface area (Å²) in [5.41, 5.74) is 1.40. The molecule has 0 saturated carbocycles. The van der Waals surface area contributed by atoms with Gasteiger partial charge in [-0.3, -0.25) is 4.99 Å². The predicted octanol–water partition coefficient (Wildman–Crippen LogP) is 3.02. The first-order valence-corrected chi connectivity index (χ1v) is 9.00. The number of rotatable bonds is 8. The second kappa shape index (κ2) is 9.11. The molecule has 0 bridgehead atoms. The molecule has 1 atom stereocenters. The lowest BCUT2D eigenvalue weighted by molar-refractivity contribution is 0.297. The van der Waals surface area contributed by atoms with Crippen molar-refractivity contribution in [1.29, 1.82) is 0 Å². The van der Waals surface area contributed by atoms with E-state index in [2.05, 4.69) is 54.4 Å². The number of amidine groups is 1. The summed E-state index contributed by atoms with van der Waals surface area (Å²) in [7, 11) is 0. The summed E-state index contributed by atoms with van der Waals surface area (Å²) in [5.74, 6) is 1.13. The topological polar surface area (TPSA) is 27.6 Å². The molecule has 1 aromatic rings. The van der Waals surface area contributed by atoms with Crippen LogP contribution in [-0.4, -0.2) is 48.0 Å². The summed E-state index contributed by atoms with van der Waals surface area (Å²) in [6.45, 7) is 8.73. The molecule has 1 saturated heterocycles. The van der Waals surface area contributed by atoms with E-state index in [1.165, 1.54) is 18.5 Å². The molecule has 1 unspecified atom stereocenters. The summed E-state index contributed by atoms with van der Waals surface area (Å²) in [6.07, 6.45) is 2.31. The third-order valence-corrected chi connectivity index (χ3v) is 4.82. The molecule has 1 aliphatic heterocycles. The van der Waals surface area contributed by atoms with Gasteiger partial charge in [-0.15, -0.1) is 0 Å². The zero-order valence-corrected chi connectivity index (χ0v) is 14.0. The number of likely N-dealkylation sites (N-methyl/N-ethyl adjacent to an activating group) is 1. The average Bonchev–Trinajstić information content (AvgIpc) is 2.95. The van der Waals surface area contributed by atoms with Gasteiger partial charge in [-0.2, -0.15) is 0 Å². The van der Waals surface area contributed by atoms with Crippen molar-refractivity contribution in [2.45, 2.75) is 32.7 Å². The summed E-state index contributed by atoms with van der Waals surface area (Å²) >= 11 is 1.86. The lowest BCUT2D eigenvalue weighted by Gasteiger charge is -2.18. The minimum Gasteiger partial charge on any atom is -0.361 e. The van der Waals surface area contributed by atoms with E-state index in [1.54, 1.807) is 0 Å². The molecule has 4 heteroatoms. The Kier molecular flexibility index (Phi) is 7.10. The maximum Gasteiger partial charge on any atom is 0.156 e. The molecule has 21 heavy (non-hydrogen) atoms. The molecule has 0 radical (unpaired) electrons. The largest absolute Gasteiger partial charge is 0.361 e. The van der Waals surface area contributed by atoms with Gasteiger partial charge < -0.3 is 10.2 Å². The quantitative estimate of drug-likeness (QED) is 0.800. The number of hydrogen-bond donors (Lipinski definition) is 1. The van der Waals surface area contributed by atoms with Gasteiger partial charge in [-0.05, 0) is 31.5 Å². The number of benzene rings is 1. The Hall–Kier alpha value is -1.00. The minimum absolute atomic E-state index is 0.522. The first-order chi connectivity index (χ1) is 10.3. The molecule has 1 aliphatic rings. The molecular formula is C17H27N3S. The van der Waals surface area contributed by atoms with Crippen molar-refractivity contribution in [3.05, 3.63) is 35.9 Å². The second-order valence-electron chi connectivity index (χ2n) is 5.46. The van der Waals surface area contributed by atoms with Crippen LogP contribution in [0.5, 0.6) is 0 Å². The van der Waals surface area contributed by atoms with Gasteiger partial charge in [-0.25, -0.2) is 0 Å². The molecule has 1 fully saturated rings. The Morgan fingerprint density at radius 1 is 1.24 bits per heavy atom. The lowest BCUT2D eigenvalue weighted by atomic mass is 10.1. The van der Waals surface area contributed by atoms with Gasteiger partial charge in [0, 0.05) is 18.3 Å². The maximum atomic E-state index is 4.71. The van der Waals surface area contributed by atoms with Gasteiger partial charge in [-0.1, -0.05) is 55.9 Å². The highest BCUT2D eigenvalue weighted by atomic mass is 32.2. The van der Waals surface area contributed by atoms with Crippen molar-refractivity contribution >= 4 is 16.9 Å². The first kappa shape index (κ1) is 16.4. The first-order valence-electron chi connectivity index (χ1n) is 8.01. The summed E-state index contributed by atoms with van der Waals surface area (Å²) < 4.78 is 0. The Morgan fingerprint density at radius 3 is 2.76 bits per heavy atom. The van der Waals surface area contributed by atoms with Crippen molar-refractivity contribution in [1.82, 2.24) is 10.2 Å². The van der Waals surface area contributed by atoms with E-state index in [9.17, 15) is 0 Å². The molecule has 0 aromatic heterocycles. The number of nitrogens with zero attached hydrogens (tertiary/aromatic N) is 2. The average molecular weight is 305 g/mol. The minimum atomic E-state index is 0.522. The molecule has 1 aromatic carbocycles. The molecule has 116 valence electrons. The van der Waals surface area contributed by atoms with Crippen molar-refractivity contribution in [2.24, 2.45) is 4.99 Å². The third kappa shape index (κ3) is 5.71. The monoisotopic (exact) mass is 305 g/mol. The third-order valence-electron chi connectivity index (χ3n) is 3.73. The highest BCUT2D eigenvalue weighted by Gasteiger charge is 2.20. The van der Waals surface area contributed by atoms with Crippen LogP contribution >= 0.6 is 11.8 Å². The van der Waals surface area contributed by atoms with Gasteiger partial charge >= 0.3 is 0 Å². The Morgan fingerprint density at radius 2 is 2.05 bits per heavy atom. The van der Waals surface area contributed by atoms with Crippen molar-refractivity contribution in [3.63, 3.8) is 0 Å². The van der Waals surface area contributed by atoms with Crippen LogP contribution in [0.25, 0.3) is 0 Å². The van der Waals surface area contributed by atoms with Crippen LogP contribution in [-0.2, 0) is 6.42 Å². The molecule has 3 nitrogen and oxygen atoms in total. The zero-order chi connectivity index (χ0) is 14.9. The van der Waals surface area contributed by atoms with Crippen LogP contribution in [0.1, 0.15) is 25.8 Å². The Bertz CT molecular complexity index is 433. The normalized spacial score (nSPS) is 20.1. The van der Waals surface area contributed by atoms with Crippen molar-refractivity contribution in [3.8, 4) is 0 Å². The smallest absolute Gasteiger partial charge is 0.156 e. The van der Waals surface area contributed by atoms with E-state index >= 15 is 0 Å². The van der Waals surface area contributed by atoms with Crippen molar-refractivity contribution < 1.29 is 0 Å². The fourth-order valence-corrected chi connectivity index (χ4v) is 3.57. The van der Waals surface area contributed by atoms with Crippen LogP contribution < -0.4 is 5.32 Å². The molecule has 0 spiro atoms. The van der Waals surface area contributed by atoms with Gasteiger partial charge in [0.2, 0.25) is 0 Å². The fourth-order valence-electron chi connectivity index (χ4n) is 2.57. The molecule has 0 amide bonds. The maximum absolute atomic E-state index is 4.71. The van der Waals surface area contributed by atoms with E-state index in [0.29, 0.717) is 6.04 Å². The number of thioether (sulfide) groups is 1. The van der Waals surface area contributed by atoms with Gasteiger partial charge in [0.1, 0.15) is 0 Å². The van der Waals surface area contributed by atoms with Gasteiger partial charge in [0.15, 0.2) is 5.17 Å². The summed E-state index contributed by atoms with van der Waals surface area (Å²) in [6, 6.07) is 11.2. The molecular weight excluding hydrogens is 278 g/mol. The van der Waals surface area contributed by atoms with Gasteiger partial charge in [0.05, 0.1) is 6.54 Å². The SMILES string of the molecule is CCCN(CC)CCN=C1NC(Cc2ccccc2)CS1. The molecule has 2 rings (SSSR count). The van der Waals surface area contributed by atoms with Crippen LogP contribution in [0.15, 0.2) is 35.3 Å².